The van der Waals surface area contributed by atoms with Gasteiger partial charge in [-0.05, 0) is 25.7 Å². The summed E-state index contributed by atoms with van der Waals surface area (Å²) in [5, 5.41) is 0. The lowest BCUT2D eigenvalue weighted by Crippen LogP contribution is -2.58. The van der Waals surface area contributed by atoms with Crippen LogP contribution in [0.15, 0.2) is 0 Å². The van der Waals surface area contributed by atoms with E-state index in [0.29, 0.717) is 19.5 Å². The Kier molecular flexibility index (Phi) is 5.48. The molecular weight excluding hydrogens is 288 g/mol. The first-order valence-corrected chi connectivity index (χ1v) is 8.03. The van der Waals surface area contributed by atoms with Crippen LogP contribution in [0.3, 0.4) is 0 Å². The van der Waals surface area contributed by atoms with Crippen LogP contribution in [0.5, 0.6) is 0 Å². The van der Waals surface area contributed by atoms with Crippen LogP contribution < -0.4 is 5.73 Å². The molecule has 1 rings (SSSR count). The van der Waals surface area contributed by atoms with Gasteiger partial charge in [-0.15, -0.1) is 12.4 Å². The number of piperidine rings is 1. The zero-order valence-electron chi connectivity index (χ0n) is 12.3. The Balaban J connectivity index is 0.00000324. The van der Waals surface area contributed by atoms with Crippen LogP contribution in [-0.4, -0.2) is 49.4 Å². The zero-order chi connectivity index (χ0) is 14.4. The molecule has 114 valence electrons. The number of carbonyl (C=O) groups excluding carboxylic acids is 1. The van der Waals surface area contributed by atoms with E-state index in [0.717, 1.165) is 6.26 Å². The molecule has 0 aliphatic carbocycles. The van der Waals surface area contributed by atoms with Crippen LogP contribution in [0.25, 0.3) is 0 Å². The highest BCUT2D eigenvalue weighted by molar-refractivity contribution is 7.92. The third-order valence-electron chi connectivity index (χ3n) is 4.04. The second-order valence-corrected chi connectivity index (χ2v) is 8.96. The maximum atomic E-state index is 12.4. The Morgan fingerprint density at radius 3 is 2.21 bits per heavy atom. The maximum Gasteiger partial charge on any atom is 0.243 e. The van der Waals surface area contributed by atoms with E-state index in [4.69, 9.17) is 5.73 Å². The lowest BCUT2D eigenvalue weighted by Gasteiger charge is -2.44. The van der Waals surface area contributed by atoms with Gasteiger partial charge < -0.3 is 10.6 Å². The van der Waals surface area contributed by atoms with Gasteiger partial charge in [-0.1, -0.05) is 13.8 Å². The Bertz CT molecular complexity index is 446. The predicted octanol–water partition coefficient (Wildman–Crippen LogP) is 0.817. The van der Waals surface area contributed by atoms with E-state index in [-0.39, 0.29) is 29.8 Å². The van der Waals surface area contributed by atoms with Gasteiger partial charge in [0, 0.05) is 25.4 Å². The summed E-state index contributed by atoms with van der Waals surface area (Å²) in [7, 11) is -3.42. The van der Waals surface area contributed by atoms with Crippen molar-refractivity contribution in [2.45, 2.75) is 44.9 Å². The van der Waals surface area contributed by atoms with Crippen molar-refractivity contribution in [1.82, 2.24) is 4.90 Å². The third-order valence-corrected chi connectivity index (χ3v) is 6.07. The quantitative estimate of drug-likeness (QED) is 0.818. The summed E-state index contributed by atoms with van der Waals surface area (Å²) in [5.41, 5.74) is 5.83. The number of sulfone groups is 1. The molecule has 1 atom stereocenters. The summed E-state index contributed by atoms with van der Waals surface area (Å²) in [6.07, 6.45) is 1.81. The van der Waals surface area contributed by atoms with Gasteiger partial charge in [0.1, 0.15) is 4.75 Å². The molecule has 0 bridgehead atoms. The van der Waals surface area contributed by atoms with Gasteiger partial charge in [0.15, 0.2) is 9.84 Å². The average molecular weight is 313 g/mol. The smallest absolute Gasteiger partial charge is 0.243 e. The van der Waals surface area contributed by atoms with Crippen LogP contribution in [0.1, 0.15) is 34.1 Å². The first kappa shape index (κ1) is 18.7. The molecule has 5 nitrogen and oxygen atoms in total. The fraction of sp³-hybridized carbons (Fsp3) is 0.917. The van der Waals surface area contributed by atoms with Crippen molar-refractivity contribution in [1.29, 1.82) is 0 Å². The highest BCUT2D eigenvalue weighted by atomic mass is 35.5. The first-order chi connectivity index (χ1) is 7.89. The van der Waals surface area contributed by atoms with Gasteiger partial charge in [0.25, 0.3) is 0 Å². The zero-order valence-corrected chi connectivity index (χ0v) is 13.9. The number of nitrogens with zero attached hydrogens (tertiary/aromatic N) is 1. The van der Waals surface area contributed by atoms with E-state index in [1.54, 1.807) is 4.90 Å². The lowest BCUT2D eigenvalue weighted by atomic mass is 9.79. The van der Waals surface area contributed by atoms with E-state index < -0.39 is 14.6 Å². The van der Waals surface area contributed by atoms with Gasteiger partial charge in [-0.2, -0.15) is 0 Å². The number of nitrogens with two attached hydrogens (primary N) is 1. The number of hydrogen-bond donors (Lipinski definition) is 1. The summed E-state index contributed by atoms with van der Waals surface area (Å²) < 4.78 is 22.0. The second-order valence-electron chi connectivity index (χ2n) is 6.39. The highest BCUT2D eigenvalue weighted by Gasteiger charge is 2.44. The van der Waals surface area contributed by atoms with Crippen molar-refractivity contribution in [2.75, 3.05) is 19.3 Å². The Morgan fingerprint density at radius 2 is 1.84 bits per heavy atom. The third kappa shape index (κ3) is 3.61. The normalized spacial score (nSPS) is 23.7. The lowest BCUT2D eigenvalue weighted by molar-refractivity contribution is -0.136. The van der Waals surface area contributed by atoms with E-state index in [9.17, 15) is 13.2 Å². The van der Waals surface area contributed by atoms with Gasteiger partial charge in [-0.3, -0.25) is 4.79 Å². The number of carbonyl (C=O) groups is 1. The molecule has 1 heterocycles. The van der Waals surface area contributed by atoms with Crippen molar-refractivity contribution in [3.05, 3.63) is 0 Å². The summed E-state index contributed by atoms with van der Waals surface area (Å²) in [4.78, 5) is 14.0. The number of amides is 1. The molecule has 19 heavy (non-hydrogen) atoms. The molecule has 0 radical (unpaired) electrons. The van der Waals surface area contributed by atoms with Gasteiger partial charge >= 0.3 is 0 Å². The molecule has 0 saturated carbocycles. The molecule has 0 aromatic heterocycles. The van der Waals surface area contributed by atoms with Crippen LogP contribution in [0, 0.1) is 5.41 Å². The van der Waals surface area contributed by atoms with Crippen molar-refractivity contribution in [2.24, 2.45) is 11.1 Å². The van der Waals surface area contributed by atoms with Gasteiger partial charge in [-0.25, -0.2) is 8.42 Å². The SMILES string of the molecule is CC1(C)CN(C(=O)C(C)(C)S(C)(=O)=O)CCC1N.Cl. The van der Waals surface area contributed by atoms with Crippen molar-refractivity contribution in [3.63, 3.8) is 0 Å². The van der Waals surface area contributed by atoms with E-state index in [1.165, 1.54) is 13.8 Å². The molecule has 0 aromatic rings. The Morgan fingerprint density at radius 1 is 1.37 bits per heavy atom. The minimum Gasteiger partial charge on any atom is -0.341 e. The fourth-order valence-corrected chi connectivity index (χ4v) is 2.53. The van der Waals surface area contributed by atoms with Crippen LogP contribution >= 0.6 is 12.4 Å². The number of rotatable bonds is 2. The molecular formula is C12H25ClN2O3S. The average Bonchev–Trinajstić information content (AvgIpc) is 2.19. The maximum absolute atomic E-state index is 12.4. The van der Waals surface area contributed by atoms with Crippen LogP contribution in [0.4, 0.5) is 0 Å². The summed E-state index contributed by atoms with van der Waals surface area (Å²) >= 11 is 0. The number of halogens is 1. The molecule has 1 fully saturated rings. The Hall–Kier alpha value is -0.330. The molecule has 1 amide bonds. The van der Waals surface area contributed by atoms with Gasteiger partial charge in [0.2, 0.25) is 5.91 Å². The molecule has 7 heteroatoms. The number of hydrogen-bond acceptors (Lipinski definition) is 4. The second kappa shape index (κ2) is 5.58. The fourth-order valence-electron chi connectivity index (χ4n) is 2.09. The van der Waals surface area contributed by atoms with Crippen molar-refractivity contribution < 1.29 is 13.2 Å². The summed E-state index contributed by atoms with van der Waals surface area (Å²) in [5.74, 6) is -0.329. The molecule has 1 aliphatic rings. The predicted molar refractivity (Wildman–Crippen MR) is 79.1 cm³/mol. The monoisotopic (exact) mass is 312 g/mol. The molecule has 1 aliphatic heterocycles. The first-order valence-electron chi connectivity index (χ1n) is 6.14. The molecule has 1 unspecified atom stereocenters. The number of likely N-dealkylation sites (tertiary alicyclic amines) is 1. The van der Waals surface area contributed by atoms with Crippen LogP contribution in [0.2, 0.25) is 0 Å². The van der Waals surface area contributed by atoms with E-state index in [1.807, 2.05) is 13.8 Å². The Labute approximate surface area is 122 Å². The molecule has 1 saturated heterocycles. The summed E-state index contributed by atoms with van der Waals surface area (Å²) in [6, 6.07) is 0.0443. The summed E-state index contributed by atoms with van der Waals surface area (Å²) in [6.45, 7) is 7.97. The minimum absolute atomic E-state index is 0. The molecule has 0 spiro atoms. The van der Waals surface area contributed by atoms with Gasteiger partial charge in [0.05, 0.1) is 0 Å². The van der Waals surface area contributed by atoms with Crippen LogP contribution in [-0.2, 0) is 14.6 Å². The van der Waals surface area contributed by atoms with E-state index in [2.05, 4.69) is 0 Å². The highest BCUT2D eigenvalue weighted by Crippen LogP contribution is 2.30. The van der Waals surface area contributed by atoms with Crippen molar-refractivity contribution >= 4 is 28.2 Å². The molecule has 2 N–H and O–H groups in total. The topological polar surface area (TPSA) is 80.5 Å². The molecule has 0 aromatic carbocycles. The standard InChI is InChI=1S/C12H24N2O3S.ClH/c1-11(2)8-14(7-6-9(11)13)10(15)12(3,4)18(5,16)17;/h9H,6-8,13H2,1-5H3;1H. The van der Waals surface area contributed by atoms with E-state index >= 15 is 0 Å². The minimum atomic E-state index is -3.42. The van der Waals surface area contributed by atoms with Crippen molar-refractivity contribution in [3.8, 4) is 0 Å². The largest absolute Gasteiger partial charge is 0.341 e.